The zero-order chi connectivity index (χ0) is 32.9. The van der Waals surface area contributed by atoms with Gasteiger partial charge >= 0.3 is 5.91 Å². The van der Waals surface area contributed by atoms with E-state index in [0.29, 0.717) is 70.6 Å². The van der Waals surface area contributed by atoms with Gasteiger partial charge in [-0.15, -0.1) is 10.2 Å². The van der Waals surface area contributed by atoms with Crippen LogP contribution in [-0.2, 0) is 15.3 Å². The molecule has 1 atom stereocenters. The molecular weight excluding hydrogens is 646 g/mol. The first kappa shape index (κ1) is 32.3. The molecule has 244 valence electrons. The molecule has 0 bridgehead atoms. The number of carbonyl (C=O) groups is 2. The number of anilines is 1. The number of Topliss-reactive ketones (excluding diaryl/α,β-unsaturated/α-hetero) is 1. The zero-order valence-corrected chi connectivity index (χ0v) is 27.4. The largest absolute Gasteiger partial charge is 0.507 e. The number of hydrogen-bond acceptors (Lipinski definition) is 11. The van der Waals surface area contributed by atoms with E-state index in [1.807, 2.05) is 6.92 Å². The van der Waals surface area contributed by atoms with E-state index in [1.165, 1.54) is 22.7 Å². The molecule has 2 aliphatic rings. The van der Waals surface area contributed by atoms with Crippen molar-refractivity contribution < 1.29 is 38.0 Å². The van der Waals surface area contributed by atoms with Crippen LogP contribution in [0.1, 0.15) is 49.4 Å². The first-order valence-corrected chi connectivity index (χ1v) is 17.0. The average Bonchev–Trinajstić information content (AvgIpc) is 3.66. The summed E-state index contributed by atoms with van der Waals surface area (Å²) in [6, 6.07) is 15.4. The van der Waals surface area contributed by atoms with Crippen LogP contribution in [0.15, 0.2) is 70.6 Å². The smallest absolute Gasteiger partial charge is 0.301 e. The van der Waals surface area contributed by atoms with Crippen LogP contribution in [-0.4, -0.2) is 53.4 Å². The van der Waals surface area contributed by atoms with Crippen LogP contribution in [0.5, 0.6) is 23.0 Å². The average molecular weight is 678 g/mol. The molecule has 2 aliphatic heterocycles. The second kappa shape index (κ2) is 14.4. The highest BCUT2D eigenvalue weighted by Crippen LogP contribution is 2.46. The molecule has 4 aromatic rings. The van der Waals surface area contributed by atoms with Gasteiger partial charge in [0.1, 0.15) is 24.8 Å². The van der Waals surface area contributed by atoms with Gasteiger partial charge in [0.25, 0.3) is 5.78 Å². The van der Waals surface area contributed by atoms with Gasteiger partial charge in [0.05, 0.1) is 24.8 Å². The predicted octanol–water partition coefficient (Wildman–Crippen LogP) is 6.94. The maximum atomic E-state index is 14.2. The SMILES string of the molecule is CCCCOc1ccc(C2/C(=C(/O)c3ccc4c(c3)OCCO4)C(=O)C(=O)N2c2nnc(SCc3ccccc3F)s2)cc1OCC. The monoisotopic (exact) mass is 677 g/mol. The Hall–Kier alpha value is -4.62. The van der Waals surface area contributed by atoms with Crippen LogP contribution in [0.4, 0.5) is 9.52 Å². The maximum absolute atomic E-state index is 14.2. The van der Waals surface area contributed by atoms with E-state index in [1.54, 1.807) is 54.6 Å². The predicted molar refractivity (Wildman–Crippen MR) is 176 cm³/mol. The minimum atomic E-state index is -1.08. The van der Waals surface area contributed by atoms with Crippen LogP contribution in [0.3, 0.4) is 0 Å². The Morgan fingerprint density at radius 1 is 1.02 bits per heavy atom. The van der Waals surface area contributed by atoms with Gasteiger partial charge in [-0.25, -0.2) is 4.39 Å². The van der Waals surface area contributed by atoms with Gasteiger partial charge in [0.2, 0.25) is 5.13 Å². The van der Waals surface area contributed by atoms with Crippen molar-refractivity contribution in [1.29, 1.82) is 0 Å². The van der Waals surface area contributed by atoms with Crippen molar-refractivity contribution >= 4 is 45.7 Å². The van der Waals surface area contributed by atoms with Gasteiger partial charge in [-0.3, -0.25) is 14.5 Å². The molecule has 1 unspecified atom stereocenters. The highest BCUT2D eigenvalue weighted by Gasteiger charge is 2.48. The van der Waals surface area contributed by atoms with Gasteiger partial charge in [-0.05, 0) is 60.9 Å². The van der Waals surface area contributed by atoms with Crippen LogP contribution >= 0.6 is 23.1 Å². The number of benzene rings is 3. The van der Waals surface area contributed by atoms with E-state index in [4.69, 9.17) is 18.9 Å². The van der Waals surface area contributed by atoms with Crippen LogP contribution < -0.4 is 23.8 Å². The minimum Gasteiger partial charge on any atom is -0.507 e. The normalized spacial score (nSPS) is 16.8. The van der Waals surface area contributed by atoms with Crippen molar-refractivity contribution in [3.8, 4) is 23.0 Å². The summed E-state index contributed by atoms with van der Waals surface area (Å²) in [6.45, 7) is 5.49. The lowest BCUT2D eigenvalue weighted by atomic mass is 9.95. The molecule has 6 rings (SSSR count). The van der Waals surface area contributed by atoms with E-state index in [-0.39, 0.29) is 27.8 Å². The fourth-order valence-electron chi connectivity index (χ4n) is 5.21. The summed E-state index contributed by atoms with van der Waals surface area (Å²) in [5.41, 5.74) is 1.13. The maximum Gasteiger partial charge on any atom is 0.301 e. The summed E-state index contributed by atoms with van der Waals surface area (Å²) < 4.78 is 37.9. The first-order chi connectivity index (χ1) is 22.9. The number of halogens is 1. The molecule has 3 heterocycles. The second-order valence-corrected chi connectivity index (χ2v) is 12.8. The Kier molecular flexibility index (Phi) is 9.92. The van der Waals surface area contributed by atoms with Crippen LogP contribution in [0.25, 0.3) is 5.76 Å². The molecule has 0 radical (unpaired) electrons. The quantitative estimate of drug-likeness (QED) is 0.0422. The Morgan fingerprint density at radius 3 is 2.62 bits per heavy atom. The molecule has 0 aliphatic carbocycles. The van der Waals surface area contributed by atoms with Crippen molar-refractivity contribution in [1.82, 2.24) is 10.2 Å². The summed E-state index contributed by atoms with van der Waals surface area (Å²) in [7, 11) is 0. The Labute approximate surface area is 279 Å². The number of aromatic nitrogens is 2. The van der Waals surface area contributed by atoms with Crippen molar-refractivity contribution in [3.05, 3.63) is 88.7 Å². The number of carbonyl (C=O) groups excluding carboxylic acids is 2. The number of hydrogen-bond donors (Lipinski definition) is 1. The van der Waals surface area contributed by atoms with Gasteiger partial charge in [-0.1, -0.05) is 60.7 Å². The lowest BCUT2D eigenvalue weighted by Gasteiger charge is -2.24. The summed E-state index contributed by atoms with van der Waals surface area (Å²) in [6.07, 6.45) is 1.82. The number of fused-ring (bicyclic) bond motifs is 1. The Bertz CT molecular complexity index is 1830. The molecule has 10 nitrogen and oxygen atoms in total. The minimum absolute atomic E-state index is 0.135. The third kappa shape index (κ3) is 6.77. The van der Waals surface area contributed by atoms with Crippen LogP contribution in [0, 0.1) is 5.82 Å². The first-order valence-electron chi connectivity index (χ1n) is 15.2. The topological polar surface area (TPSA) is 120 Å². The summed E-state index contributed by atoms with van der Waals surface area (Å²) in [5, 5.41) is 20.3. The number of ketones is 1. The highest BCUT2D eigenvalue weighted by atomic mass is 32.2. The number of nitrogens with zero attached hydrogens (tertiary/aromatic N) is 3. The number of aliphatic hydroxyl groups is 1. The summed E-state index contributed by atoms with van der Waals surface area (Å²) >= 11 is 2.36. The summed E-state index contributed by atoms with van der Waals surface area (Å²) in [4.78, 5) is 28.8. The van der Waals surface area contributed by atoms with E-state index in [0.717, 1.165) is 24.2 Å². The third-order valence-electron chi connectivity index (χ3n) is 7.51. The second-order valence-electron chi connectivity index (χ2n) is 10.6. The number of thioether (sulfide) groups is 1. The molecule has 1 fully saturated rings. The fourth-order valence-corrected chi connectivity index (χ4v) is 7.07. The van der Waals surface area contributed by atoms with Crippen molar-refractivity contribution in [2.24, 2.45) is 0 Å². The van der Waals surface area contributed by atoms with Crippen molar-refractivity contribution in [2.45, 2.75) is 42.8 Å². The Morgan fingerprint density at radius 2 is 1.83 bits per heavy atom. The zero-order valence-electron chi connectivity index (χ0n) is 25.7. The molecule has 3 aromatic carbocycles. The van der Waals surface area contributed by atoms with E-state index < -0.39 is 17.7 Å². The van der Waals surface area contributed by atoms with Crippen LogP contribution in [0.2, 0.25) is 0 Å². The van der Waals surface area contributed by atoms with Crippen molar-refractivity contribution in [2.75, 3.05) is 31.3 Å². The third-order valence-corrected chi connectivity index (χ3v) is 9.61. The number of unbranched alkanes of at least 4 members (excludes halogenated alkanes) is 1. The van der Waals surface area contributed by atoms with Crippen molar-refractivity contribution in [3.63, 3.8) is 0 Å². The van der Waals surface area contributed by atoms with Gasteiger partial charge in [-0.2, -0.15) is 0 Å². The molecule has 1 N–H and O–H groups in total. The molecule has 13 heteroatoms. The van der Waals surface area contributed by atoms with E-state index in [9.17, 15) is 19.1 Å². The standard InChI is InChI=1S/C34H32FN3O7S2/c1-3-5-14-43-24-12-10-20(17-26(24)42-4-2)29-28(30(39)21-11-13-25-27(18-21)45-16-15-44-25)31(40)32(41)38(29)33-36-37-34(47-33)46-19-22-8-6-7-9-23(22)35/h6-13,17-18,29,39H,3-5,14-16,19H2,1-2H3/b30-28-. The number of amides is 1. The number of ether oxygens (including phenoxy) is 4. The molecule has 1 saturated heterocycles. The molecule has 0 saturated carbocycles. The van der Waals surface area contributed by atoms with E-state index in [2.05, 4.69) is 17.1 Å². The molecule has 1 amide bonds. The molecule has 1 aromatic heterocycles. The van der Waals surface area contributed by atoms with Gasteiger partial charge < -0.3 is 24.1 Å². The fraction of sp³-hybridized carbons (Fsp3) is 0.294. The van der Waals surface area contributed by atoms with E-state index >= 15 is 0 Å². The lowest BCUT2D eigenvalue weighted by molar-refractivity contribution is -0.132. The molecule has 0 spiro atoms. The lowest BCUT2D eigenvalue weighted by Crippen LogP contribution is -2.29. The number of aliphatic hydroxyl groups excluding tert-OH is 1. The van der Waals surface area contributed by atoms with Gasteiger partial charge in [0.15, 0.2) is 27.3 Å². The van der Waals surface area contributed by atoms with Gasteiger partial charge in [0, 0.05) is 11.3 Å². The Balaban J connectivity index is 1.42. The highest BCUT2D eigenvalue weighted by molar-refractivity contribution is 8.00. The summed E-state index contributed by atoms with van der Waals surface area (Å²) in [5.74, 6) is -0.297. The number of rotatable bonds is 12. The molecule has 47 heavy (non-hydrogen) atoms. The molecular formula is C34H32FN3O7S2.